The van der Waals surface area contributed by atoms with E-state index < -0.39 is 10.4 Å². The average Bonchev–Trinajstić information content (AvgIpc) is 0.722. The van der Waals surface area contributed by atoms with Gasteiger partial charge in [-0.25, -0.2) is 0 Å². The Bertz CT molecular complexity index is 93.3. The molecule has 0 heterocycles. The van der Waals surface area contributed by atoms with Gasteiger partial charge < -0.3 is 38.3 Å². The summed E-state index contributed by atoms with van der Waals surface area (Å²) in [6, 6.07) is 0. The molecule has 0 aromatic rings. The van der Waals surface area contributed by atoms with Gasteiger partial charge in [-0.2, -0.15) is 8.42 Å². The van der Waals surface area contributed by atoms with Crippen LogP contribution in [0.5, 0.6) is 0 Å². The summed E-state index contributed by atoms with van der Waals surface area (Å²) in [7, 11) is -4.67. The second kappa shape index (κ2) is 39.9. The molecule has 0 aliphatic heterocycles. The fraction of sp³-hybridized carbons (Fsp3) is 0. The van der Waals surface area contributed by atoms with Gasteiger partial charge in [0.2, 0.25) is 0 Å². The Morgan fingerprint density at radius 3 is 0.615 bits per heavy atom. The van der Waals surface area contributed by atoms with E-state index in [4.69, 9.17) is 17.5 Å². The summed E-state index contributed by atoms with van der Waals surface area (Å²) in [5.41, 5.74) is 0. The van der Waals surface area contributed by atoms with Crippen molar-refractivity contribution >= 4 is 10.4 Å². The Morgan fingerprint density at radius 2 is 0.615 bits per heavy atom. The first-order valence-corrected chi connectivity index (χ1v) is 2.10. The van der Waals surface area contributed by atoms with Gasteiger partial charge in [0.15, 0.2) is 0 Å². The molecule has 0 spiro atoms. The zero-order chi connectivity index (χ0) is 4.50. The molecular formula is H16O11SV. The van der Waals surface area contributed by atoms with Crippen molar-refractivity contribution in [2.75, 3.05) is 0 Å². The van der Waals surface area contributed by atoms with Crippen molar-refractivity contribution in [1.82, 2.24) is 0 Å². The third kappa shape index (κ3) is 41400. The van der Waals surface area contributed by atoms with Gasteiger partial charge in [-0.15, -0.1) is 0 Å². The van der Waals surface area contributed by atoms with E-state index in [2.05, 4.69) is 0 Å². The van der Waals surface area contributed by atoms with Crippen LogP contribution in [0.4, 0.5) is 0 Å². The predicted molar refractivity (Wildman–Crippen MR) is 39.5 cm³/mol. The summed E-state index contributed by atoms with van der Waals surface area (Å²) >= 11 is 0. The number of hydrogen-bond donors (Lipinski definition) is 2. The molecule has 93 valence electrons. The minimum absolute atomic E-state index is 0. The zero-order valence-electron chi connectivity index (χ0n) is 6.07. The second-order valence-electron chi connectivity index (χ2n) is 0.448. The second-order valence-corrected chi connectivity index (χ2v) is 1.34. The molecule has 13 heteroatoms. The molecule has 0 unspecified atom stereocenters. The van der Waals surface area contributed by atoms with E-state index in [1.165, 1.54) is 0 Å². The Morgan fingerprint density at radius 1 is 0.615 bits per heavy atom. The topological polar surface area (TPSA) is 295 Å². The van der Waals surface area contributed by atoms with Gasteiger partial charge in [-0.3, -0.25) is 9.11 Å². The maximum absolute atomic E-state index is 8.74. The first kappa shape index (κ1) is 112. The van der Waals surface area contributed by atoms with E-state index in [1.807, 2.05) is 0 Å². The fourth-order valence-electron chi connectivity index (χ4n) is 0. The molecule has 0 amide bonds. The first-order valence-electron chi connectivity index (χ1n) is 0.698. The Kier molecular flexibility index (Phi) is 344. The van der Waals surface area contributed by atoms with Crippen molar-refractivity contribution < 1.29 is 74.4 Å². The summed E-state index contributed by atoms with van der Waals surface area (Å²) in [5.74, 6) is 0. The minimum Gasteiger partial charge on any atom is -0.412 e. The van der Waals surface area contributed by atoms with Gasteiger partial charge >= 0.3 is 10.4 Å². The van der Waals surface area contributed by atoms with Crippen molar-refractivity contribution in [3.8, 4) is 0 Å². The molecule has 0 fully saturated rings. The number of rotatable bonds is 0. The summed E-state index contributed by atoms with van der Waals surface area (Å²) in [6.07, 6.45) is 0. The van der Waals surface area contributed by atoms with Crippen LogP contribution in [0.3, 0.4) is 0 Å². The monoisotopic (exact) mass is 275 g/mol. The molecule has 0 aliphatic rings. The van der Waals surface area contributed by atoms with Gasteiger partial charge in [-0.05, 0) is 0 Å². The normalized spacial score (nSPS) is 4.46. The summed E-state index contributed by atoms with van der Waals surface area (Å²) in [5, 5.41) is 0. The summed E-state index contributed by atoms with van der Waals surface area (Å²) < 4.78 is 31.6. The molecule has 1 radical (unpaired) electrons. The van der Waals surface area contributed by atoms with Gasteiger partial charge in [0, 0.05) is 18.6 Å². The van der Waals surface area contributed by atoms with Gasteiger partial charge in [0.25, 0.3) is 0 Å². The van der Waals surface area contributed by atoms with E-state index in [-0.39, 0.29) is 56.9 Å². The summed E-state index contributed by atoms with van der Waals surface area (Å²) in [4.78, 5) is 0. The summed E-state index contributed by atoms with van der Waals surface area (Å²) in [6.45, 7) is 0. The molecule has 0 aliphatic carbocycles. The maximum Gasteiger partial charge on any atom is 0.394 e. The minimum atomic E-state index is -4.67. The molecule has 13 heavy (non-hydrogen) atoms. The van der Waals surface area contributed by atoms with Crippen LogP contribution in [-0.4, -0.2) is 55.9 Å². The van der Waals surface area contributed by atoms with Crippen LogP contribution in [0, 0.1) is 0 Å². The Hall–Kier alpha value is 0.174. The largest absolute Gasteiger partial charge is 0.412 e. The van der Waals surface area contributed by atoms with Crippen molar-refractivity contribution in [3.63, 3.8) is 0 Å². The molecule has 0 atom stereocenters. The fourth-order valence-corrected chi connectivity index (χ4v) is 0. The quantitative estimate of drug-likeness (QED) is 0.407. The van der Waals surface area contributed by atoms with Crippen LogP contribution in [-0.2, 0) is 29.0 Å². The molecule has 0 saturated carbocycles. The molecule has 0 bridgehead atoms. The van der Waals surface area contributed by atoms with Gasteiger partial charge in [-0.1, -0.05) is 0 Å². The van der Waals surface area contributed by atoms with Crippen molar-refractivity contribution in [2.24, 2.45) is 0 Å². The standard InChI is InChI=1S/H2O4S.7H2O.V/c1-5(2,3)4;;;;;;;;/h(H2,1,2,3,4);7*1H2;. The molecule has 0 aromatic heterocycles. The van der Waals surface area contributed by atoms with E-state index >= 15 is 0 Å². The third-order valence-electron chi connectivity index (χ3n) is 0. The van der Waals surface area contributed by atoms with Crippen LogP contribution in [0.1, 0.15) is 0 Å². The van der Waals surface area contributed by atoms with Crippen LogP contribution >= 0.6 is 0 Å². The van der Waals surface area contributed by atoms with Crippen molar-refractivity contribution in [2.45, 2.75) is 0 Å². The Labute approximate surface area is 85.4 Å². The van der Waals surface area contributed by atoms with E-state index in [0.29, 0.717) is 0 Å². The maximum atomic E-state index is 8.74. The smallest absolute Gasteiger partial charge is 0.394 e. The molecule has 0 rings (SSSR count). The molecule has 16 N–H and O–H groups in total. The number of hydrogen-bond acceptors (Lipinski definition) is 2. The zero-order valence-corrected chi connectivity index (χ0v) is 8.28. The van der Waals surface area contributed by atoms with Crippen LogP contribution < -0.4 is 0 Å². The van der Waals surface area contributed by atoms with E-state index in [0.717, 1.165) is 0 Å². The average molecular weight is 275 g/mol. The SMILES string of the molecule is O.O.O.O.O.O.O.O=S(=O)(O)O.[V]. The van der Waals surface area contributed by atoms with Gasteiger partial charge in [0.05, 0.1) is 0 Å². The molecular weight excluding hydrogens is 259 g/mol. The molecule has 0 saturated heterocycles. The van der Waals surface area contributed by atoms with Crippen LogP contribution in [0.15, 0.2) is 0 Å². The Balaban J connectivity index is -0.00000000286. The van der Waals surface area contributed by atoms with Crippen LogP contribution in [0.25, 0.3) is 0 Å². The van der Waals surface area contributed by atoms with Crippen molar-refractivity contribution in [1.29, 1.82) is 0 Å². The van der Waals surface area contributed by atoms with E-state index in [1.54, 1.807) is 0 Å². The third-order valence-corrected chi connectivity index (χ3v) is 0. The molecule has 11 nitrogen and oxygen atoms in total. The van der Waals surface area contributed by atoms with Crippen molar-refractivity contribution in [3.05, 3.63) is 0 Å². The van der Waals surface area contributed by atoms with Crippen LogP contribution in [0.2, 0.25) is 0 Å². The van der Waals surface area contributed by atoms with E-state index in [9.17, 15) is 0 Å². The molecule has 0 aromatic carbocycles. The first-order chi connectivity index (χ1) is 2.00. The van der Waals surface area contributed by atoms with Gasteiger partial charge in [0.1, 0.15) is 0 Å². The predicted octanol–water partition coefficient (Wildman–Crippen LogP) is -6.43.